The van der Waals surface area contributed by atoms with E-state index in [0.29, 0.717) is 11.9 Å². The normalized spacial score (nSPS) is 21.2. The third kappa shape index (κ3) is 2.85. The van der Waals surface area contributed by atoms with Gasteiger partial charge in [0.25, 0.3) is 0 Å². The quantitative estimate of drug-likeness (QED) is 0.837. The Kier molecular flexibility index (Phi) is 3.62. The maximum Gasteiger partial charge on any atom is 0.138 e. The largest absolute Gasteiger partial charge is 0.487 e. The number of nitrogen functional groups attached to an aromatic ring is 1. The molecule has 4 heteroatoms. The SMILES string of the molecule is CCCN1CC[C@@H](Oc2ccc(N)nc2)C1. The van der Waals surface area contributed by atoms with Gasteiger partial charge in [-0.3, -0.25) is 4.90 Å². The highest BCUT2D eigenvalue weighted by Crippen LogP contribution is 2.18. The number of aromatic nitrogens is 1. The highest BCUT2D eigenvalue weighted by molar-refractivity contribution is 5.32. The Bertz CT molecular complexity index is 326. The van der Waals surface area contributed by atoms with Crippen LogP contribution in [0.5, 0.6) is 5.75 Å². The van der Waals surface area contributed by atoms with Crippen LogP contribution in [-0.2, 0) is 0 Å². The molecule has 1 atom stereocenters. The second kappa shape index (κ2) is 5.16. The zero-order valence-electron chi connectivity index (χ0n) is 9.72. The van der Waals surface area contributed by atoms with E-state index in [0.717, 1.165) is 25.3 Å². The van der Waals surface area contributed by atoms with Crippen molar-refractivity contribution in [2.75, 3.05) is 25.4 Å². The molecule has 1 aromatic heterocycles. The summed E-state index contributed by atoms with van der Waals surface area (Å²) in [6.45, 7) is 5.54. The minimum Gasteiger partial charge on any atom is -0.487 e. The number of hydrogen-bond acceptors (Lipinski definition) is 4. The summed E-state index contributed by atoms with van der Waals surface area (Å²) >= 11 is 0. The summed E-state index contributed by atoms with van der Waals surface area (Å²) in [7, 11) is 0. The Morgan fingerprint density at radius 2 is 2.44 bits per heavy atom. The second-order valence-electron chi connectivity index (χ2n) is 4.25. The summed E-state index contributed by atoms with van der Waals surface area (Å²) in [6, 6.07) is 3.65. The first kappa shape index (κ1) is 11.2. The van der Waals surface area contributed by atoms with Crippen molar-refractivity contribution in [3.63, 3.8) is 0 Å². The van der Waals surface area contributed by atoms with E-state index in [1.165, 1.54) is 13.0 Å². The molecule has 0 amide bonds. The van der Waals surface area contributed by atoms with E-state index in [1.54, 1.807) is 12.3 Å². The molecule has 2 N–H and O–H groups in total. The van der Waals surface area contributed by atoms with Gasteiger partial charge in [0.1, 0.15) is 17.7 Å². The second-order valence-corrected chi connectivity index (χ2v) is 4.25. The van der Waals surface area contributed by atoms with Crippen LogP contribution in [0.15, 0.2) is 18.3 Å². The van der Waals surface area contributed by atoms with E-state index in [9.17, 15) is 0 Å². The topological polar surface area (TPSA) is 51.4 Å². The molecule has 2 rings (SSSR count). The van der Waals surface area contributed by atoms with Gasteiger partial charge in [-0.25, -0.2) is 4.98 Å². The molecule has 1 fully saturated rings. The molecule has 0 aliphatic carbocycles. The molecule has 0 unspecified atom stereocenters. The lowest BCUT2D eigenvalue weighted by Crippen LogP contribution is -2.25. The monoisotopic (exact) mass is 221 g/mol. The van der Waals surface area contributed by atoms with Crippen LogP contribution in [-0.4, -0.2) is 35.6 Å². The van der Waals surface area contributed by atoms with E-state index in [2.05, 4.69) is 16.8 Å². The molecule has 1 aromatic rings. The molecule has 1 saturated heterocycles. The summed E-state index contributed by atoms with van der Waals surface area (Å²) in [5.74, 6) is 1.35. The number of rotatable bonds is 4. The highest BCUT2D eigenvalue weighted by Gasteiger charge is 2.22. The Balaban J connectivity index is 1.84. The molecule has 88 valence electrons. The molecule has 0 saturated carbocycles. The van der Waals surface area contributed by atoms with Gasteiger partial charge in [-0.2, -0.15) is 0 Å². The Labute approximate surface area is 96.4 Å². The van der Waals surface area contributed by atoms with Gasteiger partial charge >= 0.3 is 0 Å². The van der Waals surface area contributed by atoms with Crippen LogP contribution in [0.1, 0.15) is 19.8 Å². The molecule has 0 spiro atoms. The minimum atomic E-state index is 0.303. The van der Waals surface area contributed by atoms with Crippen molar-refractivity contribution < 1.29 is 4.74 Å². The first-order chi connectivity index (χ1) is 7.78. The summed E-state index contributed by atoms with van der Waals surface area (Å²) in [6.07, 6.45) is 4.30. The van der Waals surface area contributed by atoms with Crippen LogP contribution >= 0.6 is 0 Å². The maximum atomic E-state index is 5.85. The lowest BCUT2D eigenvalue weighted by Gasteiger charge is -2.15. The van der Waals surface area contributed by atoms with Crippen molar-refractivity contribution in [3.8, 4) is 5.75 Å². The van der Waals surface area contributed by atoms with Gasteiger partial charge in [0.05, 0.1) is 6.20 Å². The van der Waals surface area contributed by atoms with Crippen molar-refractivity contribution in [1.82, 2.24) is 9.88 Å². The number of likely N-dealkylation sites (tertiary alicyclic amines) is 1. The van der Waals surface area contributed by atoms with Crippen molar-refractivity contribution in [2.45, 2.75) is 25.9 Å². The third-order valence-corrected chi connectivity index (χ3v) is 2.83. The van der Waals surface area contributed by atoms with Crippen molar-refractivity contribution >= 4 is 5.82 Å². The van der Waals surface area contributed by atoms with Crippen LogP contribution in [0, 0.1) is 0 Å². The first-order valence-electron chi connectivity index (χ1n) is 5.88. The van der Waals surface area contributed by atoms with Gasteiger partial charge < -0.3 is 10.5 Å². The van der Waals surface area contributed by atoms with Crippen LogP contribution < -0.4 is 10.5 Å². The molecule has 0 aromatic carbocycles. The average molecular weight is 221 g/mol. The maximum absolute atomic E-state index is 5.85. The van der Waals surface area contributed by atoms with Crippen LogP contribution in [0.2, 0.25) is 0 Å². The molecule has 1 aliphatic rings. The predicted molar refractivity (Wildman–Crippen MR) is 64.4 cm³/mol. The fourth-order valence-corrected chi connectivity index (χ4v) is 2.07. The Hall–Kier alpha value is -1.29. The number of hydrogen-bond donors (Lipinski definition) is 1. The van der Waals surface area contributed by atoms with E-state index in [-0.39, 0.29) is 0 Å². The minimum absolute atomic E-state index is 0.303. The number of pyridine rings is 1. The zero-order chi connectivity index (χ0) is 11.4. The van der Waals surface area contributed by atoms with Gasteiger partial charge in [-0.05, 0) is 31.5 Å². The highest BCUT2D eigenvalue weighted by atomic mass is 16.5. The van der Waals surface area contributed by atoms with Gasteiger partial charge in [0, 0.05) is 13.1 Å². The van der Waals surface area contributed by atoms with Gasteiger partial charge in [-0.15, -0.1) is 0 Å². The smallest absolute Gasteiger partial charge is 0.138 e. The molecule has 16 heavy (non-hydrogen) atoms. The van der Waals surface area contributed by atoms with E-state index < -0.39 is 0 Å². The van der Waals surface area contributed by atoms with Crippen molar-refractivity contribution in [2.24, 2.45) is 0 Å². The fourth-order valence-electron chi connectivity index (χ4n) is 2.07. The van der Waals surface area contributed by atoms with Crippen LogP contribution in [0.25, 0.3) is 0 Å². The van der Waals surface area contributed by atoms with Crippen molar-refractivity contribution in [3.05, 3.63) is 18.3 Å². The lowest BCUT2D eigenvalue weighted by atomic mass is 10.3. The summed E-state index contributed by atoms with van der Waals surface area (Å²) in [5.41, 5.74) is 5.52. The van der Waals surface area contributed by atoms with Crippen LogP contribution in [0.3, 0.4) is 0 Å². The van der Waals surface area contributed by atoms with Gasteiger partial charge in [-0.1, -0.05) is 6.92 Å². The number of ether oxygens (including phenoxy) is 1. The summed E-state index contributed by atoms with van der Waals surface area (Å²) in [4.78, 5) is 6.46. The van der Waals surface area contributed by atoms with Crippen LogP contribution in [0.4, 0.5) is 5.82 Å². The van der Waals surface area contributed by atoms with Gasteiger partial charge in [0.2, 0.25) is 0 Å². The van der Waals surface area contributed by atoms with E-state index >= 15 is 0 Å². The molecule has 2 heterocycles. The molecule has 1 aliphatic heterocycles. The molecule has 0 bridgehead atoms. The standard InChI is InChI=1S/C12H19N3O/c1-2-6-15-7-5-11(9-15)16-10-3-4-12(13)14-8-10/h3-4,8,11H,2,5-7,9H2,1H3,(H2,13,14)/t11-/m1/s1. The molecule has 0 radical (unpaired) electrons. The number of nitrogens with zero attached hydrogens (tertiary/aromatic N) is 2. The average Bonchev–Trinajstić information content (AvgIpc) is 2.70. The Morgan fingerprint density at radius 3 is 3.12 bits per heavy atom. The number of nitrogens with two attached hydrogens (primary N) is 1. The van der Waals surface area contributed by atoms with E-state index in [1.807, 2.05) is 6.07 Å². The zero-order valence-corrected chi connectivity index (χ0v) is 9.72. The lowest BCUT2D eigenvalue weighted by molar-refractivity contribution is 0.200. The molecular formula is C12H19N3O. The fraction of sp³-hybridized carbons (Fsp3) is 0.583. The predicted octanol–water partition coefficient (Wildman–Crippen LogP) is 1.53. The summed E-state index contributed by atoms with van der Waals surface area (Å²) < 4.78 is 5.85. The first-order valence-corrected chi connectivity index (χ1v) is 5.88. The third-order valence-electron chi connectivity index (χ3n) is 2.83. The van der Waals surface area contributed by atoms with Gasteiger partial charge in [0.15, 0.2) is 0 Å². The molecular weight excluding hydrogens is 202 g/mol. The van der Waals surface area contributed by atoms with Crippen molar-refractivity contribution in [1.29, 1.82) is 0 Å². The Morgan fingerprint density at radius 1 is 1.56 bits per heavy atom. The molecule has 4 nitrogen and oxygen atoms in total. The van der Waals surface area contributed by atoms with E-state index in [4.69, 9.17) is 10.5 Å². The number of anilines is 1. The summed E-state index contributed by atoms with van der Waals surface area (Å²) in [5, 5.41) is 0.